The van der Waals surface area contributed by atoms with Crippen molar-refractivity contribution in [1.82, 2.24) is 14.5 Å². The fourth-order valence-corrected chi connectivity index (χ4v) is 4.67. The molecule has 9 heteroatoms. The van der Waals surface area contributed by atoms with Gasteiger partial charge in [0.15, 0.2) is 11.5 Å². The minimum absolute atomic E-state index is 0.0651. The summed E-state index contributed by atoms with van der Waals surface area (Å²) >= 11 is 6.34. The topological polar surface area (TPSA) is 80.0 Å². The molecule has 8 nitrogen and oxygen atoms in total. The number of aliphatic imine (C=N–C) groups is 1. The molecule has 0 spiro atoms. The lowest BCUT2D eigenvalue weighted by Gasteiger charge is -2.33. The molecule has 1 radical (unpaired) electrons. The molecule has 1 aromatic heterocycles. The number of ether oxygens (including phenoxy) is 1. The Hall–Kier alpha value is -3.65. The number of rotatable bonds is 6. The first-order valence-corrected chi connectivity index (χ1v) is 11.8. The normalized spacial score (nSPS) is 16.7. The van der Waals surface area contributed by atoms with Crippen LogP contribution >= 0.6 is 11.6 Å². The number of aryl methyl sites for hydroxylation is 1. The van der Waals surface area contributed by atoms with Crippen molar-refractivity contribution >= 4 is 35.3 Å². The van der Waals surface area contributed by atoms with Crippen LogP contribution in [0.4, 0.5) is 5.82 Å². The number of anilines is 1. The molecule has 0 bridgehead atoms. The number of guanidine groups is 1. The summed E-state index contributed by atoms with van der Waals surface area (Å²) in [6.07, 6.45) is 2.07. The number of benzene rings is 2. The summed E-state index contributed by atoms with van der Waals surface area (Å²) in [4.78, 5) is 39.4. The lowest BCUT2D eigenvalue weighted by molar-refractivity contribution is 0.0581. The maximum atomic E-state index is 13.7. The van der Waals surface area contributed by atoms with Gasteiger partial charge in [-0.3, -0.25) is 14.6 Å². The van der Waals surface area contributed by atoms with Crippen molar-refractivity contribution in [2.75, 3.05) is 25.1 Å². The lowest BCUT2D eigenvalue weighted by Crippen LogP contribution is -2.50. The molecule has 3 heterocycles. The summed E-state index contributed by atoms with van der Waals surface area (Å²) in [6.45, 7) is 5.01. The number of fused-ring (bicyclic) bond motifs is 3. The van der Waals surface area contributed by atoms with Crippen molar-refractivity contribution in [1.29, 1.82) is 0 Å². The highest BCUT2D eigenvalue weighted by Crippen LogP contribution is 2.34. The SMILES string of the molecule is CCN1C(=O)c2c(nc(C(=O)OC)n2Cc2ccc(C)c(Cl)c2)N2C[C@@H]([CH]c3ccccc3)N=C12. The third kappa shape index (κ3) is 4.08. The number of methoxy groups -OCH3 is 1. The van der Waals surface area contributed by atoms with E-state index in [1.165, 1.54) is 7.11 Å². The number of amides is 1. The number of hydrogen-bond acceptors (Lipinski definition) is 6. The molecule has 5 rings (SSSR count). The van der Waals surface area contributed by atoms with E-state index in [1.54, 1.807) is 9.47 Å². The molecule has 2 aliphatic rings. The van der Waals surface area contributed by atoms with Crippen molar-refractivity contribution in [3.05, 3.63) is 88.2 Å². The molecule has 0 saturated heterocycles. The average molecular weight is 491 g/mol. The van der Waals surface area contributed by atoms with E-state index in [4.69, 9.17) is 21.3 Å². The van der Waals surface area contributed by atoms with Gasteiger partial charge in [0, 0.05) is 18.0 Å². The fourth-order valence-electron chi connectivity index (χ4n) is 4.46. The van der Waals surface area contributed by atoms with Gasteiger partial charge < -0.3 is 9.30 Å². The predicted molar refractivity (Wildman–Crippen MR) is 134 cm³/mol. The van der Waals surface area contributed by atoms with E-state index in [0.29, 0.717) is 35.6 Å². The van der Waals surface area contributed by atoms with Gasteiger partial charge in [-0.1, -0.05) is 54.1 Å². The van der Waals surface area contributed by atoms with E-state index in [2.05, 4.69) is 11.4 Å². The molecule has 35 heavy (non-hydrogen) atoms. The summed E-state index contributed by atoms with van der Waals surface area (Å²) in [7, 11) is 1.30. The van der Waals surface area contributed by atoms with E-state index in [-0.39, 0.29) is 24.3 Å². The number of carbonyl (C=O) groups excluding carboxylic acids is 2. The zero-order valence-corrected chi connectivity index (χ0v) is 20.5. The van der Waals surface area contributed by atoms with Gasteiger partial charge >= 0.3 is 5.97 Å². The first kappa shape index (κ1) is 23.1. The van der Waals surface area contributed by atoms with Crippen molar-refractivity contribution in [2.45, 2.75) is 26.4 Å². The summed E-state index contributed by atoms with van der Waals surface area (Å²) in [5.74, 6) is 0.162. The Kier molecular flexibility index (Phi) is 6.06. The van der Waals surface area contributed by atoms with Gasteiger partial charge in [-0.15, -0.1) is 0 Å². The Morgan fingerprint density at radius 3 is 2.69 bits per heavy atom. The van der Waals surface area contributed by atoms with Crippen molar-refractivity contribution in [2.24, 2.45) is 4.99 Å². The Morgan fingerprint density at radius 2 is 2.00 bits per heavy atom. The molecule has 0 N–H and O–H groups in total. The van der Waals surface area contributed by atoms with Crippen LogP contribution < -0.4 is 4.90 Å². The first-order valence-electron chi connectivity index (χ1n) is 11.4. The zero-order chi connectivity index (χ0) is 24.7. The maximum Gasteiger partial charge on any atom is 0.374 e. The van der Waals surface area contributed by atoms with Gasteiger partial charge in [-0.25, -0.2) is 14.8 Å². The number of esters is 1. The van der Waals surface area contributed by atoms with Crippen molar-refractivity contribution in [3.63, 3.8) is 0 Å². The van der Waals surface area contributed by atoms with Crippen LogP contribution in [-0.2, 0) is 11.3 Å². The standard InChI is InChI=1S/C26H25ClN5O3/c1-4-30-24(33)21-22(32-15-19(28-26(30)32)12-17-8-6-5-7-9-17)29-23(25(34)35-3)31(21)14-18-11-10-16(2)20(27)13-18/h5-13,19H,4,14-15H2,1-3H3/t19-/m1/s1. The van der Waals surface area contributed by atoms with Crippen LogP contribution in [-0.4, -0.2) is 58.5 Å². The number of imidazole rings is 1. The Balaban J connectivity index is 1.57. The van der Waals surface area contributed by atoms with E-state index >= 15 is 0 Å². The molecule has 2 aromatic carbocycles. The monoisotopic (exact) mass is 490 g/mol. The molecule has 1 atom stereocenters. The fraction of sp³-hybridized carbons (Fsp3) is 0.269. The Bertz CT molecular complexity index is 1330. The summed E-state index contributed by atoms with van der Waals surface area (Å²) in [5.41, 5.74) is 3.18. The van der Waals surface area contributed by atoms with Crippen LogP contribution in [0, 0.1) is 13.3 Å². The van der Waals surface area contributed by atoms with Crippen molar-refractivity contribution < 1.29 is 14.3 Å². The molecule has 0 unspecified atom stereocenters. The second kappa shape index (κ2) is 9.19. The first-order chi connectivity index (χ1) is 16.9. The van der Waals surface area contributed by atoms with Crippen LogP contribution in [0.25, 0.3) is 0 Å². The van der Waals surface area contributed by atoms with Gasteiger partial charge in [0.1, 0.15) is 0 Å². The number of hydrogen-bond donors (Lipinski definition) is 0. The smallest absolute Gasteiger partial charge is 0.374 e. The minimum Gasteiger partial charge on any atom is -0.463 e. The van der Waals surface area contributed by atoms with Crippen LogP contribution in [0.5, 0.6) is 0 Å². The van der Waals surface area contributed by atoms with E-state index < -0.39 is 5.97 Å². The number of carbonyl (C=O) groups is 2. The third-order valence-electron chi connectivity index (χ3n) is 6.23. The Morgan fingerprint density at radius 1 is 1.23 bits per heavy atom. The number of halogens is 1. The van der Waals surface area contributed by atoms with Crippen LogP contribution in [0.15, 0.2) is 53.5 Å². The molecular formula is C26H25ClN5O3. The zero-order valence-electron chi connectivity index (χ0n) is 19.7. The average Bonchev–Trinajstić information content (AvgIpc) is 3.44. The van der Waals surface area contributed by atoms with E-state index in [1.807, 2.05) is 67.3 Å². The molecule has 3 aromatic rings. The highest BCUT2D eigenvalue weighted by atomic mass is 35.5. The molecular weight excluding hydrogens is 466 g/mol. The number of aromatic nitrogens is 2. The maximum absolute atomic E-state index is 13.7. The Labute approximate surface area is 208 Å². The highest BCUT2D eigenvalue weighted by Gasteiger charge is 2.44. The van der Waals surface area contributed by atoms with Crippen LogP contribution in [0.1, 0.15) is 44.7 Å². The predicted octanol–water partition coefficient (Wildman–Crippen LogP) is 3.95. The van der Waals surface area contributed by atoms with Crippen LogP contribution in [0.2, 0.25) is 5.02 Å². The van der Waals surface area contributed by atoms with Gasteiger partial charge in [-0.2, -0.15) is 0 Å². The molecule has 179 valence electrons. The highest BCUT2D eigenvalue weighted by molar-refractivity contribution is 6.31. The second-order valence-corrected chi connectivity index (χ2v) is 8.91. The summed E-state index contributed by atoms with van der Waals surface area (Å²) in [5, 5.41) is 0.617. The molecule has 1 amide bonds. The molecule has 2 aliphatic heterocycles. The summed E-state index contributed by atoms with van der Waals surface area (Å²) in [6, 6.07) is 15.5. The van der Waals surface area contributed by atoms with Gasteiger partial charge in [0.05, 0.1) is 26.2 Å². The van der Waals surface area contributed by atoms with Gasteiger partial charge in [0.25, 0.3) is 5.91 Å². The van der Waals surface area contributed by atoms with Crippen molar-refractivity contribution in [3.8, 4) is 0 Å². The molecule has 0 fully saturated rings. The molecule has 0 saturated carbocycles. The van der Waals surface area contributed by atoms with Crippen LogP contribution in [0.3, 0.4) is 0 Å². The molecule has 0 aliphatic carbocycles. The van der Waals surface area contributed by atoms with Gasteiger partial charge in [-0.05, 0) is 36.6 Å². The largest absolute Gasteiger partial charge is 0.463 e. The quantitative estimate of drug-likeness (QED) is 0.489. The summed E-state index contributed by atoms with van der Waals surface area (Å²) < 4.78 is 6.63. The minimum atomic E-state index is -0.612. The number of nitrogens with zero attached hydrogens (tertiary/aromatic N) is 5. The van der Waals surface area contributed by atoms with E-state index in [0.717, 1.165) is 16.7 Å². The van der Waals surface area contributed by atoms with Gasteiger partial charge in [0.2, 0.25) is 11.8 Å². The second-order valence-electron chi connectivity index (χ2n) is 8.50. The van der Waals surface area contributed by atoms with E-state index in [9.17, 15) is 9.59 Å². The lowest BCUT2D eigenvalue weighted by atomic mass is 10.1. The third-order valence-corrected chi connectivity index (χ3v) is 6.64.